The molecule has 9 rings (SSSR count). The number of imidazole rings is 1. The zero-order valence-corrected chi connectivity index (χ0v) is 34.0. The molecule has 3 aliphatic heterocycles. The molecule has 1 aliphatic carbocycles. The number of phenols is 1. The number of phenolic OH excluding ortho intramolecular Hbond substituents is 1. The molecular formula is C44H49F3N8O6. The highest BCUT2D eigenvalue weighted by Crippen LogP contribution is 2.36. The standard InChI is InChI=1S/C44H49F3N8O6/c1-51-36-20-26(4-9-34(36)55(43(51)60)35-10-11-37(56)49-42(35)59)12-15-52-18-19-61-44(25-52)13-16-53(17-14-44)30-8-5-28-24-54(50-33(28)21-30)29-6-2-27(3-7-29)23-48-41(58)31-22-32(45)40(57)39(47)38(31)46/h4-5,8-9,20-22,24,27,29,35,57H,2-3,6-7,10-19,23,25H2,1H3,(H,48,58)(H,49,56,59)/t27-,29-,35?. The molecule has 17 heteroatoms. The minimum Gasteiger partial charge on any atom is -0.503 e. The van der Waals surface area contributed by atoms with Gasteiger partial charge in [-0.1, -0.05) is 6.07 Å². The first-order chi connectivity index (χ1) is 29.4. The third-order valence-electron chi connectivity index (χ3n) is 13.4. The van der Waals surface area contributed by atoms with Gasteiger partial charge < -0.3 is 20.1 Å². The van der Waals surface area contributed by atoms with E-state index in [9.17, 15) is 37.5 Å². The predicted molar refractivity (Wildman–Crippen MR) is 220 cm³/mol. The molecule has 3 N–H and O–H groups in total. The molecule has 3 aromatic carbocycles. The van der Waals surface area contributed by atoms with Crippen LogP contribution in [0.25, 0.3) is 21.9 Å². The second-order valence-electron chi connectivity index (χ2n) is 17.2. The van der Waals surface area contributed by atoms with Crippen LogP contribution in [0.15, 0.2) is 53.5 Å². The number of piperidine rings is 2. The lowest BCUT2D eigenvalue weighted by Gasteiger charge is -2.48. The average Bonchev–Trinajstić information content (AvgIpc) is 3.80. The van der Waals surface area contributed by atoms with E-state index >= 15 is 0 Å². The number of nitrogens with one attached hydrogen (secondary N) is 2. The summed E-state index contributed by atoms with van der Waals surface area (Å²) in [6.07, 6.45) is 8.45. The van der Waals surface area contributed by atoms with Gasteiger partial charge in [-0.3, -0.25) is 38.4 Å². The topological polar surface area (TPSA) is 156 Å². The molecule has 322 valence electrons. The van der Waals surface area contributed by atoms with Crippen LogP contribution in [-0.4, -0.2) is 98.1 Å². The second kappa shape index (κ2) is 16.3. The molecule has 0 radical (unpaired) electrons. The van der Waals surface area contributed by atoms with Crippen molar-refractivity contribution in [3.05, 3.63) is 87.7 Å². The largest absolute Gasteiger partial charge is 0.503 e. The number of nitrogens with zero attached hydrogens (tertiary/aromatic N) is 6. The van der Waals surface area contributed by atoms with Gasteiger partial charge in [-0.05, 0) is 99.2 Å². The van der Waals surface area contributed by atoms with Crippen molar-refractivity contribution >= 4 is 45.3 Å². The summed E-state index contributed by atoms with van der Waals surface area (Å²) in [7, 11) is 1.72. The molecule has 61 heavy (non-hydrogen) atoms. The predicted octanol–water partition coefficient (Wildman–Crippen LogP) is 4.87. The number of halogens is 3. The number of imide groups is 1. The van der Waals surface area contributed by atoms with E-state index in [-0.39, 0.29) is 42.1 Å². The average molecular weight is 843 g/mol. The maximum Gasteiger partial charge on any atom is 0.329 e. The van der Waals surface area contributed by atoms with Crippen LogP contribution in [0.5, 0.6) is 5.75 Å². The summed E-state index contributed by atoms with van der Waals surface area (Å²) in [5.41, 5.74) is 3.34. The van der Waals surface area contributed by atoms with Gasteiger partial charge in [0.2, 0.25) is 17.6 Å². The van der Waals surface area contributed by atoms with Crippen LogP contribution >= 0.6 is 0 Å². The lowest BCUT2D eigenvalue weighted by atomic mass is 9.86. The SMILES string of the molecule is Cn1c(=O)n(C2CCC(=O)NC2=O)c2ccc(CCN3CCOC4(CCN(c5ccc6cn([C@H]7CC[C@H](CNC(=O)c8cc(F)c(O)c(F)c8F)CC7)nc6c5)CC4)C3)cc21. The number of anilines is 1. The van der Waals surface area contributed by atoms with E-state index in [0.29, 0.717) is 24.6 Å². The molecule has 4 aliphatic rings. The van der Waals surface area contributed by atoms with E-state index < -0.39 is 46.6 Å². The van der Waals surface area contributed by atoms with Gasteiger partial charge in [0.15, 0.2) is 17.4 Å². The number of aryl methyl sites for hydroxylation is 1. The first-order valence-corrected chi connectivity index (χ1v) is 21.1. The van der Waals surface area contributed by atoms with Crippen molar-refractivity contribution in [3.63, 3.8) is 0 Å². The molecule has 1 unspecified atom stereocenters. The Morgan fingerprint density at radius 2 is 1.75 bits per heavy atom. The number of fused-ring (bicyclic) bond motifs is 2. The number of rotatable bonds is 9. The molecule has 4 fully saturated rings. The van der Waals surface area contributed by atoms with Crippen molar-refractivity contribution in [2.75, 3.05) is 50.8 Å². The Balaban J connectivity index is 0.765. The van der Waals surface area contributed by atoms with Crippen molar-refractivity contribution in [1.82, 2.24) is 34.4 Å². The van der Waals surface area contributed by atoms with Crippen molar-refractivity contribution in [2.24, 2.45) is 13.0 Å². The third-order valence-corrected chi connectivity index (χ3v) is 13.4. The van der Waals surface area contributed by atoms with E-state index in [4.69, 9.17) is 9.84 Å². The van der Waals surface area contributed by atoms with Gasteiger partial charge in [-0.2, -0.15) is 9.49 Å². The number of hydrogen-bond acceptors (Lipinski definition) is 9. The van der Waals surface area contributed by atoms with Gasteiger partial charge in [0, 0.05) is 70.0 Å². The first kappa shape index (κ1) is 40.7. The molecule has 1 atom stereocenters. The Kier molecular flexibility index (Phi) is 10.9. The smallest absolute Gasteiger partial charge is 0.329 e. The Bertz CT molecular complexity index is 2590. The van der Waals surface area contributed by atoms with E-state index in [1.807, 2.05) is 22.9 Å². The molecule has 14 nitrogen and oxygen atoms in total. The Morgan fingerprint density at radius 3 is 2.52 bits per heavy atom. The van der Waals surface area contributed by atoms with Crippen molar-refractivity contribution in [1.29, 1.82) is 0 Å². The Hall–Kier alpha value is -5.68. The fourth-order valence-electron chi connectivity index (χ4n) is 9.77. The summed E-state index contributed by atoms with van der Waals surface area (Å²) in [6, 6.07) is 12.4. The maximum atomic E-state index is 14.2. The number of aromatic nitrogens is 4. The Labute approximate surface area is 349 Å². The molecule has 2 aromatic heterocycles. The lowest BCUT2D eigenvalue weighted by Crippen LogP contribution is -2.57. The number of carbonyl (C=O) groups excluding carboxylic acids is 3. The lowest BCUT2D eigenvalue weighted by molar-refractivity contribution is -0.135. The number of carbonyl (C=O) groups is 3. The van der Waals surface area contributed by atoms with Gasteiger partial charge >= 0.3 is 5.69 Å². The van der Waals surface area contributed by atoms with Crippen molar-refractivity contribution < 1.29 is 37.4 Å². The monoisotopic (exact) mass is 842 g/mol. The van der Waals surface area contributed by atoms with Crippen LogP contribution < -0.4 is 21.2 Å². The Morgan fingerprint density at radius 1 is 0.967 bits per heavy atom. The van der Waals surface area contributed by atoms with E-state index in [2.05, 4.69) is 44.8 Å². The summed E-state index contributed by atoms with van der Waals surface area (Å²) in [5.74, 6) is -7.76. The van der Waals surface area contributed by atoms with Crippen LogP contribution in [0.2, 0.25) is 0 Å². The van der Waals surface area contributed by atoms with Crippen molar-refractivity contribution in [2.45, 2.75) is 75.5 Å². The number of amides is 3. The summed E-state index contributed by atoms with van der Waals surface area (Å²) >= 11 is 0. The van der Waals surface area contributed by atoms with Crippen LogP contribution in [-0.2, 0) is 27.8 Å². The van der Waals surface area contributed by atoms with Gasteiger partial charge in [0.1, 0.15) is 6.04 Å². The molecule has 5 heterocycles. The minimum atomic E-state index is -1.78. The quantitative estimate of drug-likeness (QED) is 0.139. The number of aromatic hydroxyl groups is 1. The van der Waals surface area contributed by atoms with Gasteiger partial charge in [-0.25, -0.2) is 13.6 Å². The molecule has 3 saturated heterocycles. The highest BCUT2D eigenvalue weighted by molar-refractivity contribution is 6.00. The van der Waals surface area contributed by atoms with Gasteiger partial charge in [0.25, 0.3) is 5.91 Å². The number of ether oxygens (including phenoxy) is 1. The molecule has 3 amide bonds. The summed E-state index contributed by atoms with van der Waals surface area (Å²) in [5, 5.41) is 20.2. The fourth-order valence-corrected chi connectivity index (χ4v) is 9.77. The summed E-state index contributed by atoms with van der Waals surface area (Å²) in [6.45, 7) is 5.19. The van der Waals surface area contributed by atoms with Gasteiger partial charge in [-0.15, -0.1) is 0 Å². The number of hydrogen-bond donors (Lipinski definition) is 3. The molecule has 0 bridgehead atoms. The summed E-state index contributed by atoms with van der Waals surface area (Å²) in [4.78, 5) is 54.9. The van der Waals surface area contributed by atoms with E-state index in [0.717, 1.165) is 105 Å². The minimum absolute atomic E-state index is 0.121. The van der Waals surface area contributed by atoms with Gasteiger partial charge in [0.05, 0.1) is 40.4 Å². The normalized spacial score (nSPS) is 22.3. The zero-order chi connectivity index (χ0) is 42.6. The van der Waals surface area contributed by atoms with Crippen LogP contribution in [0.3, 0.4) is 0 Å². The summed E-state index contributed by atoms with van der Waals surface area (Å²) < 4.78 is 53.3. The molecule has 1 spiro atoms. The van der Waals surface area contributed by atoms with Crippen LogP contribution in [0, 0.1) is 23.4 Å². The highest BCUT2D eigenvalue weighted by Gasteiger charge is 2.40. The number of benzene rings is 3. The molecule has 1 saturated carbocycles. The van der Waals surface area contributed by atoms with Crippen molar-refractivity contribution in [3.8, 4) is 5.75 Å². The van der Waals surface area contributed by atoms with Crippen LogP contribution in [0.4, 0.5) is 18.9 Å². The first-order valence-electron chi connectivity index (χ1n) is 21.1. The zero-order valence-electron chi connectivity index (χ0n) is 34.0. The number of morpholine rings is 1. The maximum absolute atomic E-state index is 14.2. The van der Waals surface area contributed by atoms with E-state index in [1.165, 1.54) is 4.57 Å². The molecular weight excluding hydrogens is 794 g/mol. The highest BCUT2D eigenvalue weighted by atomic mass is 19.2. The molecule has 5 aromatic rings. The second-order valence-corrected chi connectivity index (χ2v) is 17.2. The third kappa shape index (κ3) is 7.89. The van der Waals surface area contributed by atoms with Crippen LogP contribution in [0.1, 0.15) is 79.4 Å². The van der Waals surface area contributed by atoms with E-state index in [1.54, 1.807) is 11.6 Å². The fraction of sp³-hybridized carbons (Fsp3) is 0.477.